The number of aldehydes is 1. The molecular formula is C14H16O3. The average molecular weight is 232 g/mol. The zero-order valence-electron chi connectivity index (χ0n) is 9.89. The molecule has 1 heterocycles. The number of hydrogen-bond donors (Lipinski definition) is 0. The molecule has 0 saturated heterocycles. The molecule has 3 heteroatoms. The molecule has 2 rings (SSSR count). The highest BCUT2D eigenvalue weighted by molar-refractivity contribution is 5.68. The quantitative estimate of drug-likeness (QED) is 0.578. The number of rotatable bonds is 5. The zero-order chi connectivity index (χ0) is 12.1. The SMILES string of the molecule is CCCCOC1=CC(C=O)c2ccccc2O1. The lowest BCUT2D eigenvalue weighted by molar-refractivity contribution is -0.108. The van der Waals surface area contributed by atoms with Gasteiger partial charge in [0.2, 0.25) is 0 Å². The minimum absolute atomic E-state index is 0.267. The molecule has 0 spiro atoms. The second-order valence-corrected chi connectivity index (χ2v) is 3.99. The maximum absolute atomic E-state index is 11.0. The van der Waals surface area contributed by atoms with Gasteiger partial charge in [0.25, 0.3) is 5.95 Å². The fourth-order valence-corrected chi connectivity index (χ4v) is 1.73. The first-order chi connectivity index (χ1) is 8.35. The summed E-state index contributed by atoms with van der Waals surface area (Å²) < 4.78 is 11.1. The Labute approximate surface area is 101 Å². The van der Waals surface area contributed by atoms with Crippen LogP contribution in [0.4, 0.5) is 0 Å². The molecule has 1 aromatic rings. The van der Waals surface area contributed by atoms with E-state index in [0.29, 0.717) is 18.3 Å². The molecule has 1 aromatic carbocycles. The van der Waals surface area contributed by atoms with Gasteiger partial charge in [-0.15, -0.1) is 0 Å². The van der Waals surface area contributed by atoms with Crippen LogP contribution in [-0.2, 0) is 9.53 Å². The van der Waals surface area contributed by atoms with E-state index < -0.39 is 0 Å². The van der Waals surface area contributed by atoms with Gasteiger partial charge < -0.3 is 14.3 Å². The van der Waals surface area contributed by atoms with Crippen LogP contribution in [-0.4, -0.2) is 12.9 Å². The summed E-state index contributed by atoms with van der Waals surface area (Å²) in [5.74, 6) is 0.879. The summed E-state index contributed by atoms with van der Waals surface area (Å²) in [6.07, 6.45) is 4.69. The number of allylic oxidation sites excluding steroid dienone is 1. The first kappa shape index (κ1) is 11.7. The van der Waals surface area contributed by atoms with Crippen LogP contribution in [0, 0.1) is 0 Å². The summed E-state index contributed by atoms with van der Waals surface area (Å²) in [5.41, 5.74) is 0.894. The summed E-state index contributed by atoms with van der Waals surface area (Å²) >= 11 is 0. The Morgan fingerprint density at radius 2 is 2.24 bits per heavy atom. The molecule has 0 aromatic heterocycles. The molecule has 0 N–H and O–H groups in total. The van der Waals surface area contributed by atoms with Crippen molar-refractivity contribution in [3.63, 3.8) is 0 Å². The Bertz CT molecular complexity index is 423. The maximum Gasteiger partial charge on any atom is 0.281 e. The molecule has 0 bridgehead atoms. The average Bonchev–Trinajstić information content (AvgIpc) is 2.38. The molecule has 0 aliphatic carbocycles. The molecule has 3 nitrogen and oxygen atoms in total. The number of fused-ring (bicyclic) bond motifs is 1. The van der Waals surface area contributed by atoms with Crippen molar-refractivity contribution >= 4 is 6.29 Å². The Morgan fingerprint density at radius 1 is 1.41 bits per heavy atom. The third-order valence-corrected chi connectivity index (χ3v) is 2.69. The normalized spacial score (nSPS) is 17.7. The molecule has 1 unspecified atom stereocenters. The second-order valence-electron chi connectivity index (χ2n) is 3.99. The van der Waals surface area contributed by atoms with Gasteiger partial charge in [0.05, 0.1) is 12.5 Å². The van der Waals surface area contributed by atoms with Crippen molar-refractivity contribution in [3.05, 3.63) is 41.9 Å². The Hall–Kier alpha value is -1.77. The first-order valence-corrected chi connectivity index (χ1v) is 5.92. The summed E-state index contributed by atoms with van der Waals surface area (Å²) in [7, 11) is 0. The third kappa shape index (κ3) is 2.67. The highest BCUT2D eigenvalue weighted by atomic mass is 16.7. The molecule has 0 radical (unpaired) electrons. The van der Waals surface area contributed by atoms with Crippen molar-refractivity contribution in [2.24, 2.45) is 0 Å². The highest BCUT2D eigenvalue weighted by Gasteiger charge is 2.21. The minimum atomic E-state index is -0.267. The van der Waals surface area contributed by atoms with Crippen LogP contribution in [0.15, 0.2) is 36.3 Å². The number of benzene rings is 1. The number of unbranched alkanes of at least 4 members (excludes halogenated alkanes) is 1. The van der Waals surface area contributed by atoms with Crippen molar-refractivity contribution in [2.45, 2.75) is 25.7 Å². The summed E-state index contributed by atoms with van der Waals surface area (Å²) in [5, 5.41) is 0. The number of carbonyl (C=O) groups is 1. The molecule has 90 valence electrons. The van der Waals surface area contributed by atoms with E-state index in [9.17, 15) is 4.79 Å². The van der Waals surface area contributed by atoms with Gasteiger partial charge in [0.1, 0.15) is 12.0 Å². The smallest absolute Gasteiger partial charge is 0.281 e. The zero-order valence-corrected chi connectivity index (χ0v) is 9.89. The van der Waals surface area contributed by atoms with Crippen LogP contribution < -0.4 is 4.74 Å². The number of ether oxygens (including phenoxy) is 2. The van der Waals surface area contributed by atoms with Crippen molar-refractivity contribution in [2.75, 3.05) is 6.61 Å². The van der Waals surface area contributed by atoms with Gasteiger partial charge in [0.15, 0.2) is 0 Å². The third-order valence-electron chi connectivity index (χ3n) is 2.69. The molecule has 1 aliphatic heterocycles. The summed E-state index contributed by atoms with van der Waals surface area (Å²) in [6.45, 7) is 2.72. The van der Waals surface area contributed by atoms with E-state index in [0.717, 1.165) is 24.7 Å². The fraction of sp³-hybridized carbons (Fsp3) is 0.357. The lowest BCUT2D eigenvalue weighted by atomic mass is 9.98. The van der Waals surface area contributed by atoms with Crippen molar-refractivity contribution in [3.8, 4) is 5.75 Å². The molecule has 17 heavy (non-hydrogen) atoms. The fourth-order valence-electron chi connectivity index (χ4n) is 1.73. The molecule has 1 atom stereocenters. The van der Waals surface area contributed by atoms with E-state index >= 15 is 0 Å². The molecule has 0 amide bonds. The molecule has 1 aliphatic rings. The van der Waals surface area contributed by atoms with E-state index in [-0.39, 0.29) is 5.92 Å². The number of para-hydroxylation sites is 1. The predicted molar refractivity (Wildman–Crippen MR) is 64.8 cm³/mol. The second kappa shape index (κ2) is 5.53. The molecular weight excluding hydrogens is 216 g/mol. The van der Waals surface area contributed by atoms with Crippen LogP contribution in [0.25, 0.3) is 0 Å². The lowest BCUT2D eigenvalue weighted by Gasteiger charge is -2.21. The van der Waals surface area contributed by atoms with E-state index in [1.54, 1.807) is 6.08 Å². The van der Waals surface area contributed by atoms with Crippen molar-refractivity contribution in [1.29, 1.82) is 0 Å². The van der Waals surface area contributed by atoms with Gasteiger partial charge in [0, 0.05) is 11.6 Å². The van der Waals surface area contributed by atoms with Crippen LogP contribution in [0.3, 0.4) is 0 Å². The van der Waals surface area contributed by atoms with Crippen molar-refractivity contribution in [1.82, 2.24) is 0 Å². The van der Waals surface area contributed by atoms with Crippen LogP contribution in [0.5, 0.6) is 5.75 Å². The number of carbonyl (C=O) groups excluding carboxylic acids is 1. The standard InChI is InChI=1S/C14H16O3/c1-2-3-8-16-14-9-11(10-15)12-6-4-5-7-13(12)17-14/h4-7,9-11H,2-3,8H2,1H3. The predicted octanol–water partition coefficient (Wildman–Crippen LogP) is 3.02. The van der Waals surface area contributed by atoms with Gasteiger partial charge in [-0.2, -0.15) is 0 Å². The minimum Gasteiger partial charge on any atom is -0.465 e. The topological polar surface area (TPSA) is 35.5 Å². The van der Waals surface area contributed by atoms with E-state index in [1.807, 2.05) is 24.3 Å². The van der Waals surface area contributed by atoms with E-state index in [4.69, 9.17) is 9.47 Å². The van der Waals surface area contributed by atoms with Crippen LogP contribution in [0.1, 0.15) is 31.2 Å². The largest absolute Gasteiger partial charge is 0.465 e. The summed E-state index contributed by atoms with van der Waals surface area (Å²) in [4.78, 5) is 11.0. The van der Waals surface area contributed by atoms with Gasteiger partial charge in [-0.05, 0) is 12.5 Å². The molecule has 0 saturated carbocycles. The van der Waals surface area contributed by atoms with Gasteiger partial charge in [-0.25, -0.2) is 0 Å². The van der Waals surface area contributed by atoms with Crippen LogP contribution in [0.2, 0.25) is 0 Å². The van der Waals surface area contributed by atoms with Crippen LogP contribution >= 0.6 is 0 Å². The maximum atomic E-state index is 11.0. The Balaban J connectivity index is 2.12. The highest BCUT2D eigenvalue weighted by Crippen LogP contribution is 2.33. The van der Waals surface area contributed by atoms with E-state index in [1.165, 1.54) is 0 Å². The summed E-state index contributed by atoms with van der Waals surface area (Å²) in [6, 6.07) is 7.53. The van der Waals surface area contributed by atoms with Gasteiger partial charge >= 0.3 is 0 Å². The first-order valence-electron chi connectivity index (χ1n) is 5.92. The van der Waals surface area contributed by atoms with Crippen molar-refractivity contribution < 1.29 is 14.3 Å². The monoisotopic (exact) mass is 232 g/mol. The van der Waals surface area contributed by atoms with E-state index in [2.05, 4.69) is 6.92 Å². The van der Waals surface area contributed by atoms with Gasteiger partial charge in [-0.1, -0.05) is 31.5 Å². The number of hydrogen-bond acceptors (Lipinski definition) is 3. The lowest BCUT2D eigenvalue weighted by Crippen LogP contribution is -2.13. The van der Waals surface area contributed by atoms with Gasteiger partial charge in [-0.3, -0.25) is 0 Å². The molecule has 0 fully saturated rings. The Kier molecular flexibility index (Phi) is 3.81. The Morgan fingerprint density at radius 3 is 3.00 bits per heavy atom.